The first kappa shape index (κ1) is 11.6. The van der Waals surface area contributed by atoms with Crippen molar-refractivity contribution in [2.45, 2.75) is 52.9 Å². The maximum atomic E-state index is 2.40. The number of hydrogen-bond acceptors (Lipinski definition) is 0. The molecule has 2 atom stereocenters. The molecule has 0 aromatic rings. The molecule has 0 aromatic carbocycles. The third-order valence-corrected chi connectivity index (χ3v) is 3.42. The lowest BCUT2D eigenvalue weighted by atomic mass is 9.90. The molecule has 0 saturated heterocycles. The Kier molecular flexibility index (Phi) is 5.00. The summed E-state index contributed by atoms with van der Waals surface area (Å²) < 4.78 is 0. The summed E-state index contributed by atoms with van der Waals surface area (Å²) in [6.07, 6.45) is 13.8. The standard InChI is InChI=1S/C14H24/c1-4-7-13(5-2)14-9-6-8-12(3)10-11-14/h4-5,7,12,14H,6,8-11H2,1-3H3/b7-4-,13-5+. The van der Waals surface area contributed by atoms with Gasteiger partial charge in [0, 0.05) is 0 Å². The minimum Gasteiger partial charge on any atom is -0.0874 e. The van der Waals surface area contributed by atoms with Gasteiger partial charge in [-0.2, -0.15) is 0 Å². The minimum atomic E-state index is 0.834. The van der Waals surface area contributed by atoms with E-state index in [1.165, 1.54) is 32.1 Å². The monoisotopic (exact) mass is 192 g/mol. The maximum Gasteiger partial charge on any atom is -0.0165 e. The lowest BCUT2D eigenvalue weighted by Crippen LogP contribution is -2.01. The Balaban J connectivity index is 2.58. The highest BCUT2D eigenvalue weighted by atomic mass is 14.2. The van der Waals surface area contributed by atoms with Crippen LogP contribution in [0.5, 0.6) is 0 Å². The molecule has 1 rings (SSSR count). The van der Waals surface area contributed by atoms with Crippen molar-refractivity contribution in [1.82, 2.24) is 0 Å². The molecule has 0 spiro atoms. The summed E-state index contributed by atoms with van der Waals surface area (Å²) in [7, 11) is 0. The molecule has 0 heterocycles. The number of rotatable bonds is 2. The molecule has 1 saturated carbocycles. The van der Waals surface area contributed by atoms with E-state index < -0.39 is 0 Å². The number of hydrogen-bond donors (Lipinski definition) is 0. The van der Waals surface area contributed by atoms with Crippen molar-refractivity contribution >= 4 is 0 Å². The summed E-state index contributed by atoms with van der Waals surface area (Å²) in [4.78, 5) is 0. The first-order valence-electron chi connectivity index (χ1n) is 6.06. The molecule has 1 aliphatic carbocycles. The zero-order valence-electron chi connectivity index (χ0n) is 9.92. The Morgan fingerprint density at radius 2 is 1.86 bits per heavy atom. The van der Waals surface area contributed by atoms with Crippen LogP contribution >= 0.6 is 0 Å². The van der Waals surface area contributed by atoms with Crippen molar-refractivity contribution in [2.24, 2.45) is 11.8 Å². The lowest BCUT2D eigenvalue weighted by molar-refractivity contribution is 0.490. The predicted molar refractivity (Wildman–Crippen MR) is 64.3 cm³/mol. The summed E-state index contributed by atoms with van der Waals surface area (Å²) in [5.74, 6) is 1.78. The van der Waals surface area contributed by atoms with Gasteiger partial charge < -0.3 is 0 Å². The van der Waals surface area contributed by atoms with Gasteiger partial charge in [0.15, 0.2) is 0 Å². The second-order valence-corrected chi connectivity index (χ2v) is 4.60. The second-order valence-electron chi connectivity index (χ2n) is 4.60. The van der Waals surface area contributed by atoms with Crippen LogP contribution in [-0.4, -0.2) is 0 Å². The third-order valence-electron chi connectivity index (χ3n) is 3.42. The second kappa shape index (κ2) is 6.06. The van der Waals surface area contributed by atoms with Crippen LogP contribution in [-0.2, 0) is 0 Å². The van der Waals surface area contributed by atoms with E-state index in [1.54, 1.807) is 5.57 Å². The van der Waals surface area contributed by atoms with Crippen molar-refractivity contribution in [3.05, 3.63) is 23.8 Å². The van der Waals surface area contributed by atoms with E-state index >= 15 is 0 Å². The molecule has 80 valence electrons. The van der Waals surface area contributed by atoms with Crippen LogP contribution in [0.2, 0.25) is 0 Å². The van der Waals surface area contributed by atoms with Crippen LogP contribution in [0.25, 0.3) is 0 Å². The van der Waals surface area contributed by atoms with Crippen LogP contribution < -0.4 is 0 Å². The lowest BCUT2D eigenvalue weighted by Gasteiger charge is -2.15. The van der Waals surface area contributed by atoms with Crippen molar-refractivity contribution < 1.29 is 0 Å². The zero-order valence-corrected chi connectivity index (χ0v) is 9.92. The molecule has 0 aromatic heterocycles. The van der Waals surface area contributed by atoms with E-state index in [-0.39, 0.29) is 0 Å². The largest absolute Gasteiger partial charge is 0.0874 e. The van der Waals surface area contributed by atoms with Crippen LogP contribution in [0.4, 0.5) is 0 Å². The van der Waals surface area contributed by atoms with E-state index in [9.17, 15) is 0 Å². The number of allylic oxidation sites excluding steroid dienone is 4. The Hall–Kier alpha value is -0.520. The SMILES string of the molecule is C/C=C\C(=C/C)C1CCCC(C)CC1. The predicted octanol–water partition coefficient (Wildman–Crippen LogP) is 4.73. The molecule has 2 unspecified atom stereocenters. The summed E-state index contributed by atoms with van der Waals surface area (Å²) >= 11 is 0. The van der Waals surface area contributed by atoms with Crippen LogP contribution in [0, 0.1) is 11.8 Å². The van der Waals surface area contributed by atoms with Gasteiger partial charge in [0.05, 0.1) is 0 Å². The highest BCUT2D eigenvalue weighted by Crippen LogP contribution is 2.31. The summed E-state index contributed by atoms with van der Waals surface area (Å²) in [6.45, 7) is 6.68. The van der Waals surface area contributed by atoms with E-state index in [1.807, 2.05) is 0 Å². The van der Waals surface area contributed by atoms with Gasteiger partial charge >= 0.3 is 0 Å². The van der Waals surface area contributed by atoms with E-state index in [2.05, 4.69) is 39.0 Å². The molecular weight excluding hydrogens is 168 g/mol. The molecule has 0 radical (unpaired) electrons. The highest BCUT2D eigenvalue weighted by Gasteiger charge is 2.17. The fourth-order valence-corrected chi connectivity index (χ4v) is 2.48. The molecule has 0 aliphatic heterocycles. The Labute approximate surface area is 89.1 Å². The molecule has 0 amide bonds. The Bertz CT molecular complexity index is 210. The molecule has 1 aliphatic rings. The minimum absolute atomic E-state index is 0.834. The van der Waals surface area contributed by atoms with Gasteiger partial charge in [0.2, 0.25) is 0 Å². The van der Waals surface area contributed by atoms with E-state index in [4.69, 9.17) is 0 Å². The molecular formula is C14H24. The summed E-state index contributed by atoms with van der Waals surface area (Å²) in [6, 6.07) is 0. The van der Waals surface area contributed by atoms with E-state index in [0.717, 1.165) is 11.8 Å². The van der Waals surface area contributed by atoms with Gasteiger partial charge in [0.25, 0.3) is 0 Å². The summed E-state index contributed by atoms with van der Waals surface area (Å²) in [5.41, 5.74) is 1.56. The zero-order chi connectivity index (χ0) is 10.4. The van der Waals surface area contributed by atoms with Crippen LogP contribution in [0.3, 0.4) is 0 Å². The normalized spacial score (nSPS) is 30.6. The maximum absolute atomic E-state index is 2.40. The Morgan fingerprint density at radius 3 is 2.50 bits per heavy atom. The van der Waals surface area contributed by atoms with Crippen molar-refractivity contribution in [2.75, 3.05) is 0 Å². The molecule has 0 nitrogen and oxygen atoms in total. The van der Waals surface area contributed by atoms with Crippen molar-refractivity contribution in [3.8, 4) is 0 Å². The highest BCUT2D eigenvalue weighted by molar-refractivity contribution is 5.20. The van der Waals surface area contributed by atoms with Gasteiger partial charge in [-0.3, -0.25) is 0 Å². The van der Waals surface area contributed by atoms with Gasteiger partial charge in [-0.25, -0.2) is 0 Å². The van der Waals surface area contributed by atoms with Gasteiger partial charge in [-0.05, 0) is 44.1 Å². The average Bonchev–Trinajstić information content (AvgIpc) is 2.40. The molecule has 0 bridgehead atoms. The van der Waals surface area contributed by atoms with Crippen molar-refractivity contribution in [1.29, 1.82) is 0 Å². The van der Waals surface area contributed by atoms with Gasteiger partial charge in [-0.1, -0.05) is 44.4 Å². The fourth-order valence-electron chi connectivity index (χ4n) is 2.48. The molecule has 0 N–H and O–H groups in total. The molecule has 0 heteroatoms. The smallest absolute Gasteiger partial charge is 0.0165 e. The topological polar surface area (TPSA) is 0 Å². The average molecular weight is 192 g/mol. The molecule has 1 fully saturated rings. The van der Waals surface area contributed by atoms with Crippen LogP contribution in [0.15, 0.2) is 23.8 Å². The van der Waals surface area contributed by atoms with Gasteiger partial charge in [0.1, 0.15) is 0 Å². The third kappa shape index (κ3) is 3.32. The van der Waals surface area contributed by atoms with E-state index in [0.29, 0.717) is 0 Å². The molecule has 14 heavy (non-hydrogen) atoms. The van der Waals surface area contributed by atoms with Crippen molar-refractivity contribution in [3.63, 3.8) is 0 Å². The van der Waals surface area contributed by atoms with Crippen LogP contribution in [0.1, 0.15) is 52.9 Å². The Morgan fingerprint density at radius 1 is 1.07 bits per heavy atom. The van der Waals surface area contributed by atoms with Gasteiger partial charge in [-0.15, -0.1) is 0 Å². The fraction of sp³-hybridized carbons (Fsp3) is 0.714. The first-order valence-corrected chi connectivity index (χ1v) is 6.06. The summed E-state index contributed by atoms with van der Waals surface area (Å²) in [5, 5.41) is 0. The first-order chi connectivity index (χ1) is 6.77. The quantitative estimate of drug-likeness (QED) is 0.438.